The number of hydrogen-bond donors (Lipinski definition) is 0. The third-order valence-electron chi connectivity index (χ3n) is 3.42. The normalized spacial score (nSPS) is 28.4. The molecule has 0 aromatic carbocycles. The predicted molar refractivity (Wildman–Crippen MR) is 54.7 cm³/mol. The molecule has 0 aliphatic heterocycles. The minimum Gasteiger partial charge on any atom is -0.306 e. The molecule has 1 aliphatic carbocycles. The summed E-state index contributed by atoms with van der Waals surface area (Å²) in [6.45, 7) is 3.99. The van der Waals surface area contributed by atoms with Gasteiger partial charge in [-0.2, -0.15) is 13.2 Å². The molecule has 1 rings (SSSR count). The highest BCUT2D eigenvalue weighted by molar-refractivity contribution is 4.78. The Kier molecular flexibility index (Phi) is 4.44. The molecular weight excluding hydrogens is 203 g/mol. The molecular formula is C11H20F3N. The first-order valence-electron chi connectivity index (χ1n) is 5.68. The first-order chi connectivity index (χ1) is 6.93. The lowest BCUT2D eigenvalue weighted by Crippen LogP contribution is -2.32. The van der Waals surface area contributed by atoms with Gasteiger partial charge >= 0.3 is 6.18 Å². The molecule has 15 heavy (non-hydrogen) atoms. The summed E-state index contributed by atoms with van der Waals surface area (Å²) < 4.78 is 37.2. The van der Waals surface area contributed by atoms with Gasteiger partial charge in [0.15, 0.2) is 0 Å². The Morgan fingerprint density at radius 1 is 1.13 bits per heavy atom. The fraction of sp³-hybridized carbons (Fsp3) is 1.00. The minimum atomic E-state index is -3.97. The zero-order valence-electron chi connectivity index (χ0n) is 9.48. The third kappa shape index (κ3) is 4.01. The molecule has 0 aromatic rings. The van der Waals surface area contributed by atoms with Gasteiger partial charge in [0.2, 0.25) is 0 Å². The van der Waals surface area contributed by atoms with Gasteiger partial charge < -0.3 is 4.90 Å². The maximum Gasteiger partial charge on any atom is 0.391 e. The summed E-state index contributed by atoms with van der Waals surface area (Å²) in [4.78, 5) is 2.18. The van der Waals surface area contributed by atoms with E-state index in [-0.39, 0.29) is 0 Å². The first kappa shape index (κ1) is 12.8. The molecule has 90 valence electrons. The van der Waals surface area contributed by atoms with Gasteiger partial charge in [0, 0.05) is 6.54 Å². The fourth-order valence-electron chi connectivity index (χ4n) is 2.24. The summed E-state index contributed by atoms with van der Waals surface area (Å²) >= 11 is 0. The van der Waals surface area contributed by atoms with Crippen molar-refractivity contribution >= 4 is 0 Å². The number of nitrogens with zero attached hydrogens (tertiary/aromatic N) is 1. The summed E-state index contributed by atoms with van der Waals surface area (Å²) in [5.41, 5.74) is 0. The number of alkyl halides is 3. The molecule has 0 atom stereocenters. The van der Waals surface area contributed by atoms with E-state index < -0.39 is 12.1 Å². The van der Waals surface area contributed by atoms with Crippen LogP contribution in [0.25, 0.3) is 0 Å². The molecule has 0 spiro atoms. The topological polar surface area (TPSA) is 3.24 Å². The largest absolute Gasteiger partial charge is 0.391 e. The summed E-state index contributed by atoms with van der Waals surface area (Å²) in [6, 6.07) is 0. The summed E-state index contributed by atoms with van der Waals surface area (Å²) in [6.07, 6.45) is -1.86. The van der Waals surface area contributed by atoms with Crippen LogP contribution < -0.4 is 0 Å². The van der Waals surface area contributed by atoms with Crippen molar-refractivity contribution in [3.63, 3.8) is 0 Å². The van der Waals surface area contributed by atoms with Gasteiger partial charge in [-0.05, 0) is 45.2 Å². The van der Waals surface area contributed by atoms with Crippen LogP contribution in [0, 0.1) is 11.8 Å². The van der Waals surface area contributed by atoms with Crippen molar-refractivity contribution in [3.05, 3.63) is 0 Å². The molecule has 1 aliphatic rings. The second-order valence-electron chi connectivity index (χ2n) is 4.61. The van der Waals surface area contributed by atoms with Crippen LogP contribution in [0.15, 0.2) is 0 Å². The number of halogens is 3. The molecule has 0 N–H and O–H groups in total. The standard InChI is InChI=1S/C11H20F3N/c1-3-15(2)8-9-4-6-10(7-5-9)11(12,13)14/h9-10H,3-8H2,1-2H3. The van der Waals surface area contributed by atoms with E-state index in [2.05, 4.69) is 11.8 Å². The molecule has 1 saturated carbocycles. The van der Waals surface area contributed by atoms with Crippen molar-refractivity contribution in [3.8, 4) is 0 Å². The Balaban J connectivity index is 2.30. The van der Waals surface area contributed by atoms with Crippen molar-refractivity contribution < 1.29 is 13.2 Å². The van der Waals surface area contributed by atoms with E-state index >= 15 is 0 Å². The summed E-state index contributed by atoms with van der Waals surface area (Å²) in [7, 11) is 2.02. The fourth-order valence-corrected chi connectivity index (χ4v) is 2.24. The SMILES string of the molecule is CCN(C)CC1CCC(C(F)(F)F)CC1. The first-order valence-corrected chi connectivity index (χ1v) is 5.68. The van der Waals surface area contributed by atoms with Crippen LogP contribution in [0.3, 0.4) is 0 Å². The second-order valence-corrected chi connectivity index (χ2v) is 4.61. The van der Waals surface area contributed by atoms with Gasteiger partial charge in [-0.15, -0.1) is 0 Å². The van der Waals surface area contributed by atoms with Crippen molar-refractivity contribution in [2.75, 3.05) is 20.1 Å². The van der Waals surface area contributed by atoms with E-state index in [0.29, 0.717) is 18.8 Å². The van der Waals surface area contributed by atoms with Crippen molar-refractivity contribution in [2.45, 2.75) is 38.8 Å². The van der Waals surface area contributed by atoms with Gasteiger partial charge in [0.05, 0.1) is 5.92 Å². The zero-order chi connectivity index (χ0) is 11.5. The van der Waals surface area contributed by atoms with Crippen molar-refractivity contribution in [1.29, 1.82) is 0 Å². The molecule has 1 fully saturated rings. The Morgan fingerprint density at radius 2 is 1.67 bits per heavy atom. The highest BCUT2D eigenvalue weighted by Gasteiger charge is 2.41. The van der Waals surface area contributed by atoms with E-state index in [9.17, 15) is 13.2 Å². The monoisotopic (exact) mass is 223 g/mol. The Bertz CT molecular complexity index is 183. The highest BCUT2D eigenvalue weighted by Crippen LogP contribution is 2.39. The van der Waals surface area contributed by atoms with Gasteiger partial charge in [-0.1, -0.05) is 6.92 Å². The van der Waals surface area contributed by atoms with Crippen LogP contribution >= 0.6 is 0 Å². The lowest BCUT2D eigenvalue weighted by atomic mass is 9.81. The zero-order valence-corrected chi connectivity index (χ0v) is 9.48. The third-order valence-corrected chi connectivity index (χ3v) is 3.42. The molecule has 0 aromatic heterocycles. The average molecular weight is 223 g/mol. The quantitative estimate of drug-likeness (QED) is 0.709. The van der Waals surface area contributed by atoms with Crippen molar-refractivity contribution in [1.82, 2.24) is 4.90 Å². The minimum absolute atomic E-state index is 0.325. The maximum atomic E-state index is 12.4. The molecule has 0 bridgehead atoms. The molecule has 0 heterocycles. The van der Waals surface area contributed by atoms with Crippen LogP contribution in [0.5, 0.6) is 0 Å². The van der Waals surface area contributed by atoms with Crippen molar-refractivity contribution in [2.24, 2.45) is 11.8 Å². The van der Waals surface area contributed by atoms with Crippen LogP contribution in [-0.4, -0.2) is 31.2 Å². The second kappa shape index (κ2) is 5.19. The lowest BCUT2D eigenvalue weighted by Gasteiger charge is -2.31. The van der Waals surface area contributed by atoms with Gasteiger partial charge in [-0.25, -0.2) is 0 Å². The molecule has 0 radical (unpaired) electrons. The van der Waals surface area contributed by atoms with Crippen LogP contribution in [0.4, 0.5) is 13.2 Å². The average Bonchev–Trinajstić information content (AvgIpc) is 2.17. The molecule has 4 heteroatoms. The Morgan fingerprint density at radius 3 is 2.07 bits per heavy atom. The number of hydrogen-bond acceptors (Lipinski definition) is 1. The van der Waals surface area contributed by atoms with E-state index in [1.54, 1.807) is 0 Å². The smallest absolute Gasteiger partial charge is 0.306 e. The molecule has 1 nitrogen and oxygen atoms in total. The van der Waals surface area contributed by atoms with Crippen LogP contribution in [0.1, 0.15) is 32.6 Å². The van der Waals surface area contributed by atoms with E-state index in [1.165, 1.54) is 0 Å². The Hall–Kier alpha value is -0.250. The van der Waals surface area contributed by atoms with E-state index in [4.69, 9.17) is 0 Å². The van der Waals surface area contributed by atoms with Gasteiger partial charge in [0.25, 0.3) is 0 Å². The van der Waals surface area contributed by atoms with Gasteiger partial charge in [0.1, 0.15) is 0 Å². The lowest BCUT2D eigenvalue weighted by molar-refractivity contribution is -0.184. The Labute approximate surface area is 89.6 Å². The summed E-state index contributed by atoms with van der Waals surface area (Å²) in [5, 5.41) is 0. The van der Waals surface area contributed by atoms with E-state index in [1.807, 2.05) is 7.05 Å². The van der Waals surface area contributed by atoms with E-state index in [0.717, 1.165) is 25.9 Å². The number of rotatable bonds is 3. The maximum absolute atomic E-state index is 12.4. The van der Waals surface area contributed by atoms with Crippen LogP contribution in [0.2, 0.25) is 0 Å². The van der Waals surface area contributed by atoms with Gasteiger partial charge in [-0.3, -0.25) is 0 Å². The highest BCUT2D eigenvalue weighted by atomic mass is 19.4. The van der Waals surface area contributed by atoms with Crippen LogP contribution in [-0.2, 0) is 0 Å². The molecule has 0 amide bonds. The predicted octanol–water partition coefficient (Wildman–Crippen LogP) is 3.31. The molecule has 0 saturated heterocycles. The summed E-state index contributed by atoms with van der Waals surface area (Å²) in [5.74, 6) is -0.575. The molecule has 0 unspecified atom stereocenters.